The molecule has 0 bridgehead atoms. The number of Topliss-reactive ketones (excluding diaryl/α,β-unsaturated/α-hetero) is 1. The van der Waals surface area contributed by atoms with Crippen LogP contribution < -0.4 is 5.32 Å². The zero-order valence-electron chi connectivity index (χ0n) is 11.8. The maximum absolute atomic E-state index is 12.6. The van der Waals surface area contributed by atoms with Crippen LogP contribution in [0.25, 0.3) is 21.9 Å². The molecule has 3 aromatic rings. The standard InChI is InChI=1S/C18H17NO2/c20-18(12-7-9-19-10-8-12)13-5-6-17-15(11-13)14-3-1-2-4-16(14)21-17/h1-6,11-12,19H,7-10H2. The van der Waals surface area contributed by atoms with Crippen LogP contribution in [0.15, 0.2) is 46.9 Å². The van der Waals surface area contributed by atoms with Gasteiger partial charge in [-0.3, -0.25) is 4.79 Å². The summed E-state index contributed by atoms with van der Waals surface area (Å²) in [5.41, 5.74) is 2.53. The summed E-state index contributed by atoms with van der Waals surface area (Å²) in [4.78, 5) is 12.6. The van der Waals surface area contributed by atoms with Crippen molar-refractivity contribution in [3.8, 4) is 0 Å². The first kappa shape index (κ1) is 12.6. The molecule has 3 heteroatoms. The predicted octanol–water partition coefficient (Wildman–Crippen LogP) is 3.77. The van der Waals surface area contributed by atoms with Crippen molar-refractivity contribution >= 4 is 27.7 Å². The minimum absolute atomic E-state index is 0.155. The van der Waals surface area contributed by atoms with E-state index in [0.29, 0.717) is 0 Å². The highest BCUT2D eigenvalue weighted by Crippen LogP contribution is 2.30. The molecule has 4 rings (SSSR count). The van der Waals surface area contributed by atoms with Gasteiger partial charge in [-0.05, 0) is 50.2 Å². The van der Waals surface area contributed by atoms with E-state index in [9.17, 15) is 4.79 Å². The third-order valence-electron chi connectivity index (χ3n) is 4.37. The van der Waals surface area contributed by atoms with Crippen LogP contribution in [0.5, 0.6) is 0 Å². The number of furan rings is 1. The number of carbonyl (C=O) groups excluding carboxylic acids is 1. The van der Waals surface area contributed by atoms with Gasteiger partial charge in [-0.1, -0.05) is 18.2 Å². The summed E-state index contributed by atoms with van der Waals surface area (Å²) >= 11 is 0. The molecule has 0 radical (unpaired) electrons. The van der Waals surface area contributed by atoms with Gasteiger partial charge in [0.15, 0.2) is 5.78 Å². The quantitative estimate of drug-likeness (QED) is 0.726. The number of piperidine rings is 1. The average molecular weight is 279 g/mol. The molecule has 0 atom stereocenters. The van der Waals surface area contributed by atoms with Crippen molar-refractivity contribution in [1.82, 2.24) is 5.32 Å². The molecule has 3 nitrogen and oxygen atoms in total. The van der Waals surface area contributed by atoms with Gasteiger partial charge in [0.25, 0.3) is 0 Å². The molecule has 1 N–H and O–H groups in total. The largest absolute Gasteiger partial charge is 0.456 e. The first-order chi connectivity index (χ1) is 10.3. The fourth-order valence-electron chi connectivity index (χ4n) is 3.20. The number of para-hydroxylation sites is 1. The first-order valence-corrected chi connectivity index (χ1v) is 7.49. The third-order valence-corrected chi connectivity index (χ3v) is 4.37. The van der Waals surface area contributed by atoms with Gasteiger partial charge in [0.2, 0.25) is 0 Å². The summed E-state index contributed by atoms with van der Waals surface area (Å²) in [5, 5.41) is 5.41. The Bertz CT molecular complexity index is 812. The van der Waals surface area contributed by atoms with Gasteiger partial charge in [0, 0.05) is 22.3 Å². The molecule has 0 amide bonds. The summed E-state index contributed by atoms with van der Waals surface area (Å²) in [5.74, 6) is 0.422. The van der Waals surface area contributed by atoms with E-state index in [4.69, 9.17) is 4.42 Å². The van der Waals surface area contributed by atoms with Crippen molar-refractivity contribution in [2.75, 3.05) is 13.1 Å². The zero-order valence-corrected chi connectivity index (χ0v) is 11.8. The van der Waals surface area contributed by atoms with Gasteiger partial charge in [0.05, 0.1) is 0 Å². The highest BCUT2D eigenvalue weighted by molar-refractivity contribution is 6.08. The second-order valence-electron chi connectivity index (χ2n) is 5.70. The van der Waals surface area contributed by atoms with E-state index in [2.05, 4.69) is 5.32 Å². The molecule has 2 aromatic carbocycles. The minimum Gasteiger partial charge on any atom is -0.456 e. The lowest BCUT2D eigenvalue weighted by Crippen LogP contribution is -2.31. The van der Waals surface area contributed by atoms with Crippen LogP contribution in [0.3, 0.4) is 0 Å². The lowest BCUT2D eigenvalue weighted by Gasteiger charge is -2.21. The normalized spacial score (nSPS) is 16.6. The number of hydrogen-bond donors (Lipinski definition) is 1. The number of hydrogen-bond acceptors (Lipinski definition) is 3. The van der Waals surface area contributed by atoms with Crippen LogP contribution in [0.2, 0.25) is 0 Å². The molecule has 1 saturated heterocycles. The van der Waals surface area contributed by atoms with Gasteiger partial charge >= 0.3 is 0 Å². The number of nitrogens with one attached hydrogen (secondary N) is 1. The Kier molecular flexibility index (Phi) is 3.00. The number of benzene rings is 2. The zero-order chi connectivity index (χ0) is 14.2. The topological polar surface area (TPSA) is 42.2 Å². The first-order valence-electron chi connectivity index (χ1n) is 7.49. The smallest absolute Gasteiger partial charge is 0.166 e. The van der Waals surface area contributed by atoms with Crippen molar-refractivity contribution in [3.63, 3.8) is 0 Å². The van der Waals surface area contributed by atoms with Crippen LogP contribution in [0, 0.1) is 5.92 Å². The van der Waals surface area contributed by atoms with Gasteiger partial charge in [-0.2, -0.15) is 0 Å². The minimum atomic E-state index is 0.155. The van der Waals surface area contributed by atoms with Crippen LogP contribution >= 0.6 is 0 Å². The van der Waals surface area contributed by atoms with Crippen LogP contribution in [0.1, 0.15) is 23.2 Å². The Labute approximate surface area is 122 Å². The molecule has 2 heterocycles. The number of ketones is 1. The molecule has 106 valence electrons. The maximum atomic E-state index is 12.6. The van der Waals surface area contributed by atoms with E-state index < -0.39 is 0 Å². The SMILES string of the molecule is O=C(c1ccc2oc3ccccc3c2c1)C1CCNCC1. The van der Waals surface area contributed by atoms with Gasteiger partial charge < -0.3 is 9.73 Å². The number of carbonyl (C=O) groups is 1. The molecule has 21 heavy (non-hydrogen) atoms. The van der Waals surface area contributed by atoms with E-state index in [1.807, 2.05) is 42.5 Å². The fraction of sp³-hybridized carbons (Fsp3) is 0.278. The monoisotopic (exact) mass is 279 g/mol. The summed E-state index contributed by atoms with van der Waals surface area (Å²) in [6.45, 7) is 1.88. The Morgan fingerprint density at radius 2 is 1.76 bits per heavy atom. The Balaban J connectivity index is 1.78. The summed E-state index contributed by atoms with van der Waals surface area (Å²) in [7, 11) is 0. The third kappa shape index (κ3) is 2.14. The van der Waals surface area contributed by atoms with Crippen molar-refractivity contribution in [1.29, 1.82) is 0 Å². The average Bonchev–Trinajstić information content (AvgIpc) is 2.93. The van der Waals surface area contributed by atoms with Crippen LogP contribution in [0.4, 0.5) is 0 Å². The van der Waals surface area contributed by atoms with Gasteiger partial charge in [-0.25, -0.2) is 0 Å². The molecule has 0 aliphatic carbocycles. The molecule has 0 spiro atoms. The molecule has 1 fully saturated rings. The molecule has 1 aromatic heterocycles. The Hall–Kier alpha value is -2.13. The fourth-order valence-corrected chi connectivity index (χ4v) is 3.20. The van der Waals surface area contributed by atoms with E-state index >= 15 is 0 Å². The van der Waals surface area contributed by atoms with Crippen LogP contribution in [-0.2, 0) is 0 Å². The molecular formula is C18H17NO2. The van der Waals surface area contributed by atoms with E-state index in [1.54, 1.807) is 0 Å². The lowest BCUT2D eigenvalue weighted by molar-refractivity contribution is 0.0895. The second kappa shape index (κ2) is 5.01. The molecular weight excluding hydrogens is 262 g/mol. The van der Waals surface area contributed by atoms with Crippen molar-refractivity contribution in [3.05, 3.63) is 48.0 Å². The summed E-state index contributed by atoms with van der Waals surface area (Å²) in [6, 6.07) is 13.8. The van der Waals surface area contributed by atoms with Crippen molar-refractivity contribution < 1.29 is 9.21 Å². The van der Waals surface area contributed by atoms with Crippen molar-refractivity contribution in [2.24, 2.45) is 5.92 Å². The number of fused-ring (bicyclic) bond motifs is 3. The van der Waals surface area contributed by atoms with Gasteiger partial charge in [-0.15, -0.1) is 0 Å². The molecule has 1 aliphatic heterocycles. The van der Waals surface area contributed by atoms with Gasteiger partial charge in [0.1, 0.15) is 11.2 Å². The Morgan fingerprint density at radius 1 is 1.00 bits per heavy atom. The van der Waals surface area contributed by atoms with E-state index in [-0.39, 0.29) is 11.7 Å². The Morgan fingerprint density at radius 3 is 2.62 bits per heavy atom. The second-order valence-corrected chi connectivity index (χ2v) is 5.70. The van der Waals surface area contributed by atoms with E-state index in [1.165, 1.54) is 0 Å². The summed E-state index contributed by atoms with van der Waals surface area (Å²) < 4.78 is 5.81. The molecule has 0 saturated carbocycles. The van der Waals surface area contributed by atoms with E-state index in [0.717, 1.165) is 53.4 Å². The molecule has 0 unspecified atom stereocenters. The maximum Gasteiger partial charge on any atom is 0.166 e. The van der Waals surface area contributed by atoms with Crippen LogP contribution in [-0.4, -0.2) is 18.9 Å². The highest BCUT2D eigenvalue weighted by atomic mass is 16.3. The highest BCUT2D eigenvalue weighted by Gasteiger charge is 2.22. The van der Waals surface area contributed by atoms with Crippen molar-refractivity contribution in [2.45, 2.75) is 12.8 Å². The predicted molar refractivity (Wildman–Crippen MR) is 83.6 cm³/mol. The number of rotatable bonds is 2. The molecule has 1 aliphatic rings. The lowest BCUT2D eigenvalue weighted by atomic mass is 9.89. The summed E-state index contributed by atoms with van der Waals surface area (Å²) in [6.07, 6.45) is 1.87.